The number of carbonyl (C=O) groups excluding carboxylic acids is 1. The smallest absolute Gasteiger partial charge is 0.267 e. The second kappa shape index (κ2) is 7.89. The number of nitrogens with one attached hydrogen (secondary N) is 1. The monoisotopic (exact) mass is 396 g/mol. The van der Waals surface area contributed by atoms with E-state index in [9.17, 15) is 9.59 Å². The lowest BCUT2D eigenvalue weighted by atomic mass is 10.1. The summed E-state index contributed by atoms with van der Waals surface area (Å²) < 4.78 is 1.22. The third-order valence-electron chi connectivity index (χ3n) is 4.64. The lowest BCUT2D eigenvalue weighted by molar-refractivity contribution is -0.133. The predicted molar refractivity (Wildman–Crippen MR) is 107 cm³/mol. The Morgan fingerprint density at radius 3 is 3.04 bits per heavy atom. The molecule has 1 fully saturated rings. The van der Waals surface area contributed by atoms with Crippen LogP contribution in [0.2, 0.25) is 0 Å². The molecule has 3 aromatic rings. The van der Waals surface area contributed by atoms with Crippen LogP contribution in [0.4, 0.5) is 10.9 Å². The first-order valence-electron chi connectivity index (χ1n) is 9.08. The van der Waals surface area contributed by atoms with Gasteiger partial charge in [0.2, 0.25) is 5.91 Å². The Kier molecular flexibility index (Phi) is 5.16. The summed E-state index contributed by atoms with van der Waals surface area (Å²) in [4.78, 5) is 35.5. The van der Waals surface area contributed by atoms with Crippen LogP contribution >= 0.6 is 11.3 Å². The normalized spacial score (nSPS) is 16.3. The molecule has 3 aromatic heterocycles. The molecule has 1 amide bonds. The fraction of sp³-hybridized carbons (Fsp3) is 0.316. The van der Waals surface area contributed by atoms with E-state index in [-0.39, 0.29) is 24.1 Å². The first kappa shape index (κ1) is 18.3. The Morgan fingerprint density at radius 2 is 2.21 bits per heavy atom. The molecule has 4 rings (SSSR count). The maximum atomic E-state index is 12.9. The van der Waals surface area contributed by atoms with E-state index >= 15 is 0 Å². The Hall–Kier alpha value is -3.07. The zero-order valence-corrected chi connectivity index (χ0v) is 16.2. The molecule has 1 N–H and O–H groups in total. The third-order valence-corrected chi connectivity index (χ3v) is 5.33. The number of aromatic nitrogens is 4. The maximum absolute atomic E-state index is 12.9. The van der Waals surface area contributed by atoms with Gasteiger partial charge in [-0.3, -0.25) is 9.59 Å². The number of hydrogen-bond acceptors (Lipinski definition) is 7. The van der Waals surface area contributed by atoms with Gasteiger partial charge in [-0.25, -0.2) is 14.6 Å². The van der Waals surface area contributed by atoms with Crippen LogP contribution < -0.4 is 10.9 Å². The van der Waals surface area contributed by atoms with Crippen molar-refractivity contribution < 1.29 is 4.79 Å². The molecule has 0 saturated carbocycles. The number of carbonyl (C=O) groups is 1. The molecule has 1 saturated heterocycles. The Labute approximate surface area is 165 Å². The van der Waals surface area contributed by atoms with E-state index in [0.29, 0.717) is 18.1 Å². The second-order valence-electron chi connectivity index (χ2n) is 6.63. The van der Waals surface area contributed by atoms with Crippen LogP contribution in [0, 0.1) is 6.92 Å². The van der Waals surface area contributed by atoms with Crippen molar-refractivity contribution in [3.8, 4) is 0 Å². The number of hydrogen-bond donors (Lipinski definition) is 1. The highest BCUT2D eigenvalue weighted by Gasteiger charge is 2.31. The highest BCUT2D eigenvalue weighted by molar-refractivity contribution is 7.13. The van der Waals surface area contributed by atoms with E-state index in [1.807, 2.05) is 23.6 Å². The first-order valence-corrected chi connectivity index (χ1v) is 9.96. The summed E-state index contributed by atoms with van der Waals surface area (Å²) in [5.41, 5.74) is 1.26. The minimum absolute atomic E-state index is 0.0614. The highest BCUT2D eigenvalue weighted by Crippen LogP contribution is 2.32. The lowest BCUT2D eigenvalue weighted by Gasteiger charge is -2.24. The van der Waals surface area contributed by atoms with Crippen molar-refractivity contribution in [1.29, 1.82) is 0 Å². The summed E-state index contributed by atoms with van der Waals surface area (Å²) in [6.45, 7) is 2.38. The van der Waals surface area contributed by atoms with Gasteiger partial charge < -0.3 is 10.2 Å². The van der Waals surface area contributed by atoms with Crippen LogP contribution in [0.1, 0.15) is 30.3 Å². The van der Waals surface area contributed by atoms with Crippen molar-refractivity contribution in [2.45, 2.75) is 32.4 Å². The molecular formula is C19H20N6O2S. The molecule has 1 aliphatic rings. The average Bonchev–Trinajstić information content (AvgIpc) is 3.37. The number of likely N-dealkylation sites (tertiary alicyclic amines) is 1. The molecule has 0 aromatic carbocycles. The molecule has 1 aliphatic heterocycles. The molecule has 28 heavy (non-hydrogen) atoms. The number of pyridine rings is 1. The van der Waals surface area contributed by atoms with Crippen molar-refractivity contribution >= 4 is 28.2 Å². The van der Waals surface area contributed by atoms with Gasteiger partial charge in [0.25, 0.3) is 5.56 Å². The number of anilines is 2. The van der Waals surface area contributed by atoms with E-state index in [1.54, 1.807) is 24.1 Å². The van der Waals surface area contributed by atoms with Crippen molar-refractivity contribution in [2.24, 2.45) is 0 Å². The summed E-state index contributed by atoms with van der Waals surface area (Å²) >= 11 is 1.50. The minimum Gasteiger partial charge on any atom is -0.332 e. The van der Waals surface area contributed by atoms with Crippen LogP contribution in [-0.2, 0) is 11.3 Å². The number of aryl methyl sites for hydroxylation is 1. The zero-order valence-electron chi connectivity index (χ0n) is 15.4. The Morgan fingerprint density at radius 1 is 1.32 bits per heavy atom. The van der Waals surface area contributed by atoms with E-state index < -0.39 is 0 Å². The van der Waals surface area contributed by atoms with Crippen LogP contribution in [0.3, 0.4) is 0 Å². The largest absolute Gasteiger partial charge is 0.332 e. The van der Waals surface area contributed by atoms with Gasteiger partial charge in [0, 0.05) is 24.2 Å². The van der Waals surface area contributed by atoms with Crippen molar-refractivity contribution in [1.82, 2.24) is 24.6 Å². The molecule has 144 valence electrons. The second-order valence-corrected chi connectivity index (χ2v) is 7.52. The van der Waals surface area contributed by atoms with E-state index in [4.69, 9.17) is 0 Å². The van der Waals surface area contributed by atoms with Gasteiger partial charge in [-0.1, -0.05) is 6.07 Å². The molecule has 0 bridgehead atoms. The highest BCUT2D eigenvalue weighted by atomic mass is 32.1. The number of rotatable bonds is 5. The quantitative estimate of drug-likeness (QED) is 0.712. The summed E-state index contributed by atoms with van der Waals surface area (Å²) in [5, 5.41) is 10.0. The molecule has 8 nitrogen and oxygen atoms in total. The van der Waals surface area contributed by atoms with E-state index in [1.165, 1.54) is 22.1 Å². The minimum atomic E-state index is -0.275. The van der Waals surface area contributed by atoms with Crippen molar-refractivity contribution in [3.63, 3.8) is 0 Å². The van der Waals surface area contributed by atoms with Crippen LogP contribution in [0.15, 0.2) is 46.7 Å². The van der Waals surface area contributed by atoms with Gasteiger partial charge in [0.05, 0.1) is 17.4 Å². The van der Waals surface area contributed by atoms with E-state index in [0.717, 1.165) is 23.7 Å². The predicted octanol–water partition coefficient (Wildman–Crippen LogP) is 2.51. The summed E-state index contributed by atoms with van der Waals surface area (Å²) in [6, 6.07) is 8.71. The molecule has 1 atom stereocenters. The van der Waals surface area contributed by atoms with Crippen LogP contribution in [0.5, 0.6) is 0 Å². The number of amides is 1. The van der Waals surface area contributed by atoms with Crippen LogP contribution in [0.25, 0.3) is 0 Å². The molecule has 0 radical (unpaired) electrons. The molecular weight excluding hydrogens is 376 g/mol. The molecule has 0 spiro atoms. The number of nitrogens with zero attached hydrogens (tertiary/aromatic N) is 5. The van der Waals surface area contributed by atoms with Gasteiger partial charge in [-0.15, -0.1) is 11.3 Å². The number of thiazole rings is 1. The summed E-state index contributed by atoms with van der Waals surface area (Å²) in [5.74, 6) is 0.575. The average molecular weight is 396 g/mol. The van der Waals surface area contributed by atoms with Gasteiger partial charge in [0.15, 0.2) is 5.13 Å². The Balaban J connectivity index is 1.52. The maximum Gasteiger partial charge on any atom is 0.267 e. The fourth-order valence-electron chi connectivity index (χ4n) is 3.36. The van der Waals surface area contributed by atoms with Gasteiger partial charge in [-0.05, 0) is 38.0 Å². The summed E-state index contributed by atoms with van der Waals surface area (Å²) in [6.07, 6.45) is 3.48. The lowest BCUT2D eigenvalue weighted by Crippen LogP contribution is -2.37. The topological polar surface area (TPSA) is 93.0 Å². The van der Waals surface area contributed by atoms with E-state index in [2.05, 4.69) is 20.4 Å². The summed E-state index contributed by atoms with van der Waals surface area (Å²) in [7, 11) is 0. The van der Waals surface area contributed by atoms with Gasteiger partial charge in [-0.2, -0.15) is 5.10 Å². The molecule has 0 unspecified atom stereocenters. The Bertz CT molecular complexity index is 1030. The third kappa shape index (κ3) is 3.94. The zero-order chi connectivity index (χ0) is 19.5. The van der Waals surface area contributed by atoms with Crippen LogP contribution in [-0.4, -0.2) is 37.1 Å². The molecule has 9 heteroatoms. The fourth-order valence-corrected chi connectivity index (χ4v) is 3.89. The first-order chi connectivity index (χ1) is 13.6. The van der Waals surface area contributed by atoms with Crippen molar-refractivity contribution in [3.05, 3.63) is 63.7 Å². The van der Waals surface area contributed by atoms with Crippen molar-refractivity contribution in [2.75, 3.05) is 11.9 Å². The SMILES string of the molecule is Cc1ccc(=O)n(CC(=O)N2CCC[C@@H]2c2cccc(Nc3nccs3)n2)n1. The standard InChI is InChI=1S/C19H20N6O2S/c1-13-7-8-17(26)25(23-13)12-18(27)24-10-3-5-15(24)14-4-2-6-16(21-14)22-19-20-9-11-28-19/h2,4,6-9,11,15H,3,5,10,12H2,1H3,(H,20,21,22)/t15-/m1/s1. The van der Waals surface area contributed by atoms with Gasteiger partial charge in [0.1, 0.15) is 12.4 Å². The molecule has 0 aliphatic carbocycles. The van der Waals surface area contributed by atoms with Gasteiger partial charge >= 0.3 is 0 Å². The molecule has 4 heterocycles.